The van der Waals surface area contributed by atoms with Crippen molar-refractivity contribution in [1.82, 2.24) is 0 Å². The molecule has 6 nitrogen and oxygen atoms in total. The fraction of sp³-hybridized carbons (Fsp3) is 0.481. The Morgan fingerprint density at radius 1 is 0.895 bits per heavy atom. The van der Waals surface area contributed by atoms with Gasteiger partial charge in [0.15, 0.2) is 0 Å². The second-order valence-electron chi connectivity index (χ2n) is 9.27. The maximum Gasteiger partial charge on any atom is 0.211 e. The molecule has 0 amide bonds. The number of hydrogen-bond acceptors (Lipinski definition) is 6. The van der Waals surface area contributed by atoms with Crippen LogP contribution in [0.1, 0.15) is 43.2 Å². The van der Waals surface area contributed by atoms with Crippen LogP contribution in [0, 0.1) is 12.3 Å². The number of ether oxygens (including phenoxy) is 3. The molecule has 1 aliphatic carbocycles. The van der Waals surface area contributed by atoms with E-state index in [-0.39, 0.29) is 37.7 Å². The van der Waals surface area contributed by atoms with Gasteiger partial charge in [0, 0.05) is 5.41 Å². The van der Waals surface area contributed by atoms with Gasteiger partial charge in [0.1, 0.15) is 37.4 Å². The molecule has 2 aromatic carbocycles. The zero-order valence-electron chi connectivity index (χ0n) is 20.5. The van der Waals surface area contributed by atoms with E-state index in [0.29, 0.717) is 20.4 Å². The Bertz CT molecular complexity index is 1100. The van der Waals surface area contributed by atoms with Crippen molar-refractivity contribution in [2.24, 2.45) is 0 Å². The van der Waals surface area contributed by atoms with E-state index in [9.17, 15) is 15.3 Å². The summed E-state index contributed by atoms with van der Waals surface area (Å²) >= 11 is 20.2. The monoisotopic (exact) mass is 800 g/mol. The van der Waals surface area contributed by atoms with Crippen molar-refractivity contribution in [3.8, 4) is 23.8 Å². The second kappa shape index (κ2) is 14.5. The van der Waals surface area contributed by atoms with Crippen LogP contribution in [0.5, 0.6) is 11.5 Å². The van der Waals surface area contributed by atoms with Crippen LogP contribution in [-0.2, 0) is 10.2 Å². The van der Waals surface area contributed by atoms with Crippen LogP contribution < -0.4 is 9.47 Å². The molecule has 11 heteroatoms. The third kappa shape index (κ3) is 8.11. The Morgan fingerprint density at radius 2 is 1.39 bits per heavy atom. The summed E-state index contributed by atoms with van der Waals surface area (Å²) in [4.78, 5) is 0. The summed E-state index contributed by atoms with van der Waals surface area (Å²) in [5.41, 5.74) is 1.97. The van der Waals surface area contributed by atoms with Gasteiger partial charge in [-0.25, -0.2) is 0 Å². The number of benzene rings is 2. The molecule has 0 aromatic heterocycles. The lowest BCUT2D eigenvalue weighted by Gasteiger charge is -2.39. The van der Waals surface area contributed by atoms with E-state index in [4.69, 9.17) is 32.2 Å². The summed E-state index contributed by atoms with van der Waals surface area (Å²) in [5, 5.41) is 29.8. The highest BCUT2D eigenvalue weighted by Gasteiger charge is 2.38. The average Bonchev–Trinajstić information content (AvgIpc) is 2.88. The predicted molar refractivity (Wildman–Crippen MR) is 162 cm³/mol. The molecule has 0 saturated heterocycles. The van der Waals surface area contributed by atoms with E-state index in [1.165, 1.54) is 6.42 Å². The lowest BCUT2D eigenvalue weighted by molar-refractivity contribution is -0.162. The first-order valence-corrected chi connectivity index (χ1v) is 15.7. The fourth-order valence-corrected chi connectivity index (χ4v) is 7.46. The highest BCUT2D eigenvalue weighted by Crippen LogP contribution is 2.50. The van der Waals surface area contributed by atoms with Gasteiger partial charge in [-0.3, -0.25) is 0 Å². The molecule has 3 N–H and O–H groups in total. The molecular weight excluding hydrogens is 775 g/mol. The van der Waals surface area contributed by atoms with Gasteiger partial charge in [-0.2, -0.15) is 0 Å². The largest absolute Gasteiger partial charge is 0.488 e. The molecule has 0 unspecified atom stereocenters. The maximum absolute atomic E-state index is 10.1. The van der Waals surface area contributed by atoms with E-state index in [0.717, 1.165) is 45.8 Å². The fourth-order valence-electron chi connectivity index (χ4n) is 4.56. The van der Waals surface area contributed by atoms with Gasteiger partial charge in [-0.05, 0) is 112 Å². The van der Waals surface area contributed by atoms with Crippen molar-refractivity contribution in [2.45, 2.75) is 49.4 Å². The van der Waals surface area contributed by atoms with Crippen molar-refractivity contribution in [2.75, 3.05) is 32.3 Å². The highest BCUT2D eigenvalue weighted by atomic mass is 79.9. The van der Waals surface area contributed by atoms with Crippen molar-refractivity contribution in [3.63, 3.8) is 0 Å². The topological polar surface area (TPSA) is 88.4 Å². The van der Waals surface area contributed by atoms with Gasteiger partial charge in [0.25, 0.3) is 0 Å². The van der Waals surface area contributed by atoms with E-state index < -0.39 is 11.9 Å². The Hall–Kier alpha value is -0.350. The summed E-state index contributed by atoms with van der Waals surface area (Å²) in [6, 6.07) is 8.21. The molecule has 208 valence electrons. The third-order valence-electron chi connectivity index (χ3n) is 6.39. The van der Waals surface area contributed by atoms with E-state index >= 15 is 0 Å². The summed E-state index contributed by atoms with van der Waals surface area (Å²) in [5.74, 6) is 0.930. The minimum Gasteiger partial charge on any atom is -0.488 e. The molecule has 3 rings (SSSR count). The maximum atomic E-state index is 10.1. The van der Waals surface area contributed by atoms with Gasteiger partial charge in [-0.15, -0.1) is 18.0 Å². The highest BCUT2D eigenvalue weighted by molar-refractivity contribution is 9.11. The Kier molecular flexibility index (Phi) is 12.3. The van der Waals surface area contributed by atoms with Gasteiger partial charge in [-0.1, -0.05) is 25.2 Å². The molecule has 38 heavy (non-hydrogen) atoms. The lowest BCUT2D eigenvalue weighted by Crippen LogP contribution is -2.37. The van der Waals surface area contributed by atoms with E-state index in [1.54, 1.807) is 0 Å². The van der Waals surface area contributed by atoms with Crippen LogP contribution in [-0.4, -0.2) is 59.5 Å². The number of aliphatic hydroxyl groups excluding tert-OH is 1. The lowest BCUT2D eigenvalue weighted by atomic mass is 9.65. The summed E-state index contributed by atoms with van der Waals surface area (Å²) in [6.45, 7) is -0.0875. The second-order valence-corrected chi connectivity index (χ2v) is 13.0. The molecular formula is C27H29Br4ClO6. The van der Waals surface area contributed by atoms with Crippen molar-refractivity contribution >= 4 is 75.3 Å². The number of hydrogen-bond donors (Lipinski definition) is 3. The minimum atomic E-state index is -2.13. The summed E-state index contributed by atoms with van der Waals surface area (Å²) < 4.78 is 19.7. The quantitative estimate of drug-likeness (QED) is 0.0962. The summed E-state index contributed by atoms with van der Waals surface area (Å²) in [6.07, 6.45) is 9.61. The number of halogens is 5. The zero-order valence-corrected chi connectivity index (χ0v) is 27.6. The van der Waals surface area contributed by atoms with Crippen molar-refractivity contribution < 1.29 is 29.5 Å². The summed E-state index contributed by atoms with van der Waals surface area (Å²) in [7, 11) is 0. The normalized spacial score (nSPS) is 16.1. The van der Waals surface area contributed by atoms with Crippen molar-refractivity contribution in [1.29, 1.82) is 0 Å². The SMILES string of the molecule is C#CCOC[C@@H](O)COc1c(Br)cc(C2(c3cc(Br)c(OCC(O)(O)CCl)c(Br)c3)CCCCC2)cc1Br. The van der Waals surface area contributed by atoms with Crippen LogP contribution in [0.3, 0.4) is 0 Å². The first kappa shape index (κ1) is 32.2. The molecule has 0 heterocycles. The van der Waals surface area contributed by atoms with Crippen LogP contribution in [0.2, 0.25) is 0 Å². The van der Waals surface area contributed by atoms with Crippen molar-refractivity contribution in [3.05, 3.63) is 53.3 Å². The standard InChI is InChI=1S/C27H29Br4ClO6/c1-2-8-36-13-19(33)14-37-24-20(28)9-17(10-21(24)29)26(6-4-3-5-7-26)18-11-22(30)25(23(31)12-18)38-16-27(34,35)15-32/h1,9-12,19,33-35H,3-8,13-16H2/t19-/m1/s1. The average molecular weight is 805 g/mol. The third-order valence-corrected chi connectivity index (χ3v) is 9.17. The van der Waals surface area contributed by atoms with E-state index in [2.05, 4.69) is 81.8 Å². The van der Waals surface area contributed by atoms with Crippen LogP contribution in [0.4, 0.5) is 0 Å². The Balaban J connectivity index is 1.91. The molecule has 0 radical (unpaired) electrons. The molecule has 1 aliphatic rings. The Labute approximate surface area is 261 Å². The number of alkyl halides is 1. The number of aliphatic hydroxyl groups is 3. The van der Waals surface area contributed by atoms with E-state index in [1.807, 2.05) is 12.1 Å². The minimum absolute atomic E-state index is 0.0559. The molecule has 1 atom stereocenters. The van der Waals surface area contributed by atoms with Crippen LogP contribution in [0.15, 0.2) is 42.2 Å². The van der Waals surface area contributed by atoms with Gasteiger partial charge >= 0.3 is 0 Å². The van der Waals surface area contributed by atoms with Gasteiger partial charge in [0.05, 0.1) is 30.4 Å². The van der Waals surface area contributed by atoms with Crippen LogP contribution in [0.25, 0.3) is 0 Å². The number of terminal acetylenes is 1. The van der Waals surface area contributed by atoms with Crippen LogP contribution >= 0.6 is 75.3 Å². The molecule has 0 spiro atoms. The Morgan fingerprint density at radius 3 is 1.87 bits per heavy atom. The zero-order chi connectivity index (χ0) is 27.9. The first-order valence-electron chi connectivity index (χ1n) is 12.0. The molecule has 2 aromatic rings. The van der Waals surface area contributed by atoms with Gasteiger partial charge < -0.3 is 29.5 Å². The molecule has 1 fully saturated rings. The number of rotatable bonds is 12. The molecule has 0 bridgehead atoms. The molecule has 0 aliphatic heterocycles. The van der Waals surface area contributed by atoms with Gasteiger partial charge in [0.2, 0.25) is 5.79 Å². The smallest absolute Gasteiger partial charge is 0.211 e. The predicted octanol–water partition coefficient (Wildman–Crippen LogP) is 6.67. The first-order chi connectivity index (χ1) is 18.0. The molecule has 1 saturated carbocycles.